The molecule has 1 amide bonds. The number of carboxylic acid groups (broad SMARTS) is 1. The molecule has 5 rings (SSSR count). The highest BCUT2D eigenvalue weighted by molar-refractivity contribution is 5.94. The van der Waals surface area contributed by atoms with Gasteiger partial charge >= 0.3 is 12.1 Å². The van der Waals surface area contributed by atoms with Gasteiger partial charge in [-0.25, -0.2) is 18.7 Å². The van der Waals surface area contributed by atoms with Crippen molar-refractivity contribution < 1.29 is 32.3 Å². The van der Waals surface area contributed by atoms with Crippen LogP contribution in [0.2, 0.25) is 0 Å². The Kier molecular flexibility index (Phi) is 7.70. The second-order valence-electron chi connectivity index (χ2n) is 8.85. The van der Waals surface area contributed by atoms with E-state index in [0.717, 1.165) is 47.5 Å². The van der Waals surface area contributed by atoms with Crippen LogP contribution in [-0.4, -0.2) is 60.7 Å². The smallest absolute Gasteiger partial charge is 0.475 e. The van der Waals surface area contributed by atoms with Gasteiger partial charge in [-0.1, -0.05) is 12.1 Å². The molecule has 3 aromatic heterocycles. The molecule has 0 bridgehead atoms. The number of halogens is 4. The number of fused-ring (bicyclic) bond motifs is 1. The van der Waals surface area contributed by atoms with Crippen molar-refractivity contribution in [1.29, 1.82) is 0 Å². The fourth-order valence-electron chi connectivity index (χ4n) is 4.14. The van der Waals surface area contributed by atoms with E-state index in [1.165, 1.54) is 12.1 Å². The second-order valence-corrected chi connectivity index (χ2v) is 8.85. The maximum Gasteiger partial charge on any atom is 0.490 e. The summed E-state index contributed by atoms with van der Waals surface area (Å²) in [6, 6.07) is 12.2. The zero-order chi connectivity index (χ0) is 27.4. The van der Waals surface area contributed by atoms with E-state index in [0.29, 0.717) is 12.1 Å². The molecule has 8 nitrogen and oxygen atoms in total. The molecular formula is C26H23F4N5O3. The van der Waals surface area contributed by atoms with Crippen LogP contribution >= 0.6 is 0 Å². The number of carboxylic acids is 1. The van der Waals surface area contributed by atoms with Gasteiger partial charge in [0.15, 0.2) is 11.5 Å². The number of aliphatic carboxylic acids is 1. The number of aryl methyl sites for hydroxylation is 1. The molecule has 1 fully saturated rings. The normalized spacial score (nSPS) is 15.6. The van der Waals surface area contributed by atoms with E-state index in [1.54, 1.807) is 23.0 Å². The Labute approximate surface area is 214 Å². The van der Waals surface area contributed by atoms with Crippen molar-refractivity contribution in [2.24, 2.45) is 0 Å². The number of piperidine rings is 1. The van der Waals surface area contributed by atoms with Crippen LogP contribution in [0.15, 0.2) is 61.1 Å². The van der Waals surface area contributed by atoms with E-state index in [1.807, 2.05) is 42.3 Å². The summed E-state index contributed by atoms with van der Waals surface area (Å²) in [6.07, 6.45) is 1.98. The van der Waals surface area contributed by atoms with E-state index < -0.39 is 12.1 Å². The highest BCUT2D eigenvalue weighted by atomic mass is 19.4. The molecule has 0 radical (unpaired) electrons. The summed E-state index contributed by atoms with van der Waals surface area (Å²) in [6.45, 7) is 3.24. The van der Waals surface area contributed by atoms with Crippen molar-refractivity contribution in [3.8, 4) is 11.1 Å². The highest BCUT2D eigenvalue weighted by Gasteiger charge is 2.38. The Balaban J connectivity index is 0.000000426. The summed E-state index contributed by atoms with van der Waals surface area (Å²) in [5.41, 5.74) is 3.98. The lowest BCUT2D eigenvalue weighted by atomic mass is 9.97. The SMILES string of the molecule is Cc1cncc(C(=O)N2CCCC(c3nc4ccc(-c5cccc(F)c5)cn4n3)C2)c1.O=C(O)C(F)(F)F. The second kappa shape index (κ2) is 11.0. The Morgan fingerprint density at radius 3 is 2.53 bits per heavy atom. The maximum atomic E-state index is 13.6. The van der Waals surface area contributed by atoms with Crippen molar-refractivity contribution >= 4 is 17.5 Å². The summed E-state index contributed by atoms with van der Waals surface area (Å²) < 4.78 is 47.1. The number of pyridine rings is 2. The van der Waals surface area contributed by atoms with Gasteiger partial charge in [-0.05, 0) is 61.2 Å². The molecule has 1 unspecified atom stereocenters. The summed E-state index contributed by atoms with van der Waals surface area (Å²) in [5, 5.41) is 11.8. The van der Waals surface area contributed by atoms with Gasteiger partial charge in [-0.3, -0.25) is 9.78 Å². The van der Waals surface area contributed by atoms with Gasteiger partial charge in [0.25, 0.3) is 5.91 Å². The largest absolute Gasteiger partial charge is 0.490 e. The van der Waals surface area contributed by atoms with Crippen LogP contribution in [0.25, 0.3) is 16.8 Å². The number of carbonyl (C=O) groups excluding carboxylic acids is 1. The molecule has 38 heavy (non-hydrogen) atoms. The molecule has 1 N–H and O–H groups in total. The van der Waals surface area contributed by atoms with Crippen LogP contribution in [0.4, 0.5) is 17.6 Å². The van der Waals surface area contributed by atoms with Gasteiger partial charge in [0.1, 0.15) is 5.82 Å². The van der Waals surface area contributed by atoms with Crippen LogP contribution < -0.4 is 0 Å². The van der Waals surface area contributed by atoms with Crippen molar-refractivity contribution in [3.05, 3.63) is 83.8 Å². The predicted molar refractivity (Wildman–Crippen MR) is 129 cm³/mol. The fourth-order valence-corrected chi connectivity index (χ4v) is 4.14. The quantitative estimate of drug-likeness (QED) is 0.379. The van der Waals surface area contributed by atoms with Crippen molar-refractivity contribution in [1.82, 2.24) is 24.5 Å². The lowest BCUT2D eigenvalue weighted by Crippen LogP contribution is -2.39. The van der Waals surface area contributed by atoms with Crippen molar-refractivity contribution in [2.45, 2.75) is 31.9 Å². The molecule has 1 atom stereocenters. The number of amides is 1. The first-order valence-electron chi connectivity index (χ1n) is 11.6. The average molecular weight is 529 g/mol. The lowest BCUT2D eigenvalue weighted by molar-refractivity contribution is -0.192. The van der Waals surface area contributed by atoms with Gasteiger partial charge in [0.2, 0.25) is 0 Å². The van der Waals surface area contributed by atoms with E-state index in [-0.39, 0.29) is 17.6 Å². The Morgan fingerprint density at radius 2 is 1.84 bits per heavy atom. The van der Waals surface area contributed by atoms with Gasteiger partial charge in [-0.2, -0.15) is 18.3 Å². The molecule has 1 aromatic carbocycles. The first-order chi connectivity index (χ1) is 18.0. The van der Waals surface area contributed by atoms with Gasteiger partial charge in [0.05, 0.1) is 5.56 Å². The summed E-state index contributed by atoms with van der Waals surface area (Å²) in [4.78, 5) is 32.5. The third kappa shape index (κ3) is 6.31. The summed E-state index contributed by atoms with van der Waals surface area (Å²) in [5.74, 6) is -2.22. The molecule has 1 aliphatic heterocycles. The lowest BCUT2D eigenvalue weighted by Gasteiger charge is -2.31. The standard InChI is InChI=1S/C24H22FN5O.C2HF3O2/c1-16-10-20(13-26-12-16)24(31)29-9-3-5-19(14-29)23-27-22-8-7-18(15-30(22)28-23)17-4-2-6-21(25)11-17;3-2(4,5)1(6)7/h2,4,6-8,10-13,15,19H,3,5,9,14H2,1H3;(H,6,7). The molecule has 0 aliphatic carbocycles. The van der Waals surface area contributed by atoms with E-state index >= 15 is 0 Å². The Hall–Kier alpha value is -4.35. The average Bonchev–Trinajstić information content (AvgIpc) is 3.32. The molecular weight excluding hydrogens is 506 g/mol. The van der Waals surface area contributed by atoms with Gasteiger partial charge < -0.3 is 10.0 Å². The molecule has 12 heteroatoms. The molecule has 0 spiro atoms. The number of hydrogen-bond donors (Lipinski definition) is 1. The number of alkyl halides is 3. The third-order valence-corrected chi connectivity index (χ3v) is 5.94. The molecule has 1 aliphatic rings. The summed E-state index contributed by atoms with van der Waals surface area (Å²) >= 11 is 0. The zero-order valence-electron chi connectivity index (χ0n) is 20.2. The number of carbonyl (C=O) groups is 2. The zero-order valence-corrected chi connectivity index (χ0v) is 20.2. The molecule has 198 valence electrons. The van der Waals surface area contributed by atoms with Crippen LogP contribution in [0.1, 0.15) is 40.5 Å². The monoisotopic (exact) mass is 529 g/mol. The van der Waals surface area contributed by atoms with Gasteiger partial charge in [0, 0.05) is 43.2 Å². The minimum Gasteiger partial charge on any atom is -0.475 e. The van der Waals surface area contributed by atoms with E-state index in [4.69, 9.17) is 14.9 Å². The van der Waals surface area contributed by atoms with Crippen LogP contribution in [0.5, 0.6) is 0 Å². The van der Waals surface area contributed by atoms with Crippen LogP contribution in [0.3, 0.4) is 0 Å². The highest BCUT2D eigenvalue weighted by Crippen LogP contribution is 2.27. The topological polar surface area (TPSA) is 101 Å². The Bertz CT molecular complexity index is 1470. The first kappa shape index (κ1) is 26.7. The number of benzene rings is 1. The minimum absolute atomic E-state index is 0.00180. The first-order valence-corrected chi connectivity index (χ1v) is 11.6. The minimum atomic E-state index is -5.08. The van der Waals surface area contributed by atoms with Gasteiger partial charge in [-0.15, -0.1) is 0 Å². The summed E-state index contributed by atoms with van der Waals surface area (Å²) in [7, 11) is 0. The third-order valence-electron chi connectivity index (χ3n) is 5.94. The van der Waals surface area contributed by atoms with Crippen molar-refractivity contribution in [3.63, 3.8) is 0 Å². The Morgan fingerprint density at radius 1 is 1.08 bits per heavy atom. The van der Waals surface area contributed by atoms with E-state index in [2.05, 4.69) is 10.1 Å². The fraction of sp³-hybridized carbons (Fsp3) is 0.269. The van der Waals surface area contributed by atoms with Crippen LogP contribution in [0, 0.1) is 12.7 Å². The van der Waals surface area contributed by atoms with Crippen molar-refractivity contribution in [2.75, 3.05) is 13.1 Å². The number of likely N-dealkylation sites (tertiary alicyclic amines) is 1. The molecule has 0 saturated carbocycles. The maximum absolute atomic E-state index is 13.6. The molecule has 1 saturated heterocycles. The predicted octanol–water partition coefficient (Wildman–Crippen LogP) is 4.89. The van der Waals surface area contributed by atoms with E-state index in [9.17, 15) is 22.4 Å². The number of nitrogens with zero attached hydrogens (tertiary/aromatic N) is 5. The number of hydrogen-bond acceptors (Lipinski definition) is 5. The number of aromatic nitrogens is 4. The number of rotatable bonds is 3. The van der Waals surface area contributed by atoms with Crippen LogP contribution in [-0.2, 0) is 4.79 Å². The molecule has 4 aromatic rings. The molecule has 4 heterocycles.